The fraction of sp³-hybridized carbons (Fsp3) is 0.308. The Morgan fingerprint density at radius 1 is 1.18 bits per heavy atom. The van der Waals surface area contributed by atoms with Crippen molar-refractivity contribution in [2.24, 2.45) is 0 Å². The zero-order valence-electron chi connectivity index (χ0n) is 12.2. The first-order valence-corrected chi connectivity index (χ1v) is 8.94. The first kappa shape index (κ1) is 16.5. The molecule has 0 aliphatic carbocycles. The van der Waals surface area contributed by atoms with Gasteiger partial charge in [0.2, 0.25) is 9.47 Å². The van der Waals surface area contributed by atoms with Crippen LogP contribution < -0.4 is 5.32 Å². The maximum atomic E-state index is 12.3. The maximum absolute atomic E-state index is 12.3. The molecule has 0 saturated heterocycles. The number of hydrogen-bond acceptors (Lipinski definition) is 6. The number of sulfonamides is 1. The van der Waals surface area contributed by atoms with Crippen LogP contribution in [-0.4, -0.2) is 41.9 Å². The molecule has 0 radical (unpaired) electrons. The second-order valence-electron chi connectivity index (χ2n) is 4.28. The summed E-state index contributed by atoms with van der Waals surface area (Å²) < 4.78 is 25.7. The second kappa shape index (κ2) is 6.95. The number of benzene rings is 1. The highest BCUT2D eigenvalue weighted by atomic mass is 32.2. The van der Waals surface area contributed by atoms with Crippen LogP contribution in [-0.2, 0) is 10.0 Å². The number of hydrogen-bond donors (Lipinski definition) is 1. The van der Waals surface area contributed by atoms with E-state index in [0.29, 0.717) is 18.7 Å². The van der Waals surface area contributed by atoms with Crippen molar-refractivity contribution >= 4 is 32.4 Å². The second-order valence-corrected chi connectivity index (χ2v) is 7.37. The fourth-order valence-corrected chi connectivity index (χ4v) is 4.29. The van der Waals surface area contributed by atoms with Gasteiger partial charge in [-0.15, -0.1) is 10.2 Å². The number of rotatable bonds is 6. The number of nitrogens with one attached hydrogen (secondary N) is 1. The quantitative estimate of drug-likeness (QED) is 0.810. The molecule has 0 fully saturated rings. The maximum Gasteiger partial charge on any atom is 0.272 e. The molecule has 0 unspecified atom stereocenters. The summed E-state index contributed by atoms with van der Waals surface area (Å²) in [6.45, 7) is 4.20. The van der Waals surface area contributed by atoms with Crippen molar-refractivity contribution in [3.8, 4) is 0 Å². The number of anilines is 1. The molecule has 1 heterocycles. The Balaban J connectivity index is 2.17. The lowest BCUT2D eigenvalue weighted by Gasteiger charge is -2.15. The van der Waals surface area contributed by atoms with E-state index >= 15 is 0 Å². The van der Waals surface area contributed by atoms with Crippen molar-refractivity contribution in [2.45, 2.75) is 18.2 Å². The van der Waals surface area contributed by atoms with E-state index in [-0.39, 0.29) is 15.4 Å². The Labute approximate surface area is 133 Å². The molecule has 118 valence electrons. The van der Waals surface area contributed by atoms with E-state index in [9.17, 15) is 13.2 Å². The van der Waals surface area contributed by atoms with Gasteiger partial charge in [0, 0.05) is 18.7 Å². The number of nitrogens with zero attached hydrogens (tertiary/aromatic N) is 3. The monoisotopic (exact) mass is 340 g/mol. The minimum absolute atomic E-state index is 0.125. The van der Waals surface area contributed by atoms with Gasteiger partial charge in [-0.05, 0) is 12.1 Å². The molecule has 0 aliphatic rings. The molecule has 1 aromatic carbocycles. The van der Waals surface area contributed by atoms with Crippen LogP contribution in [0.25, 0.3) is 0 Å². The molecular weight excluding hydrogens is 324 g/mol. The molecule has 1 N–H and O–H groups in total. The SMILES string of the molecule is CCN(CC)S(=O)(=O)c1nnc(NC(=O)c2ccccc2)s1. The first-order valence-electron chi connectivity index (χ1n) is 6.69. The van der Waals surface area contributed by atoms with E-state index in [4.69, 9.17) is 0 Å². The standard InChI is InChI=1S/C13H16N4O3S2/c1-3-17(4-2)22(19,20)13-16-15-12(21-13)14-11(18)10-8-6-5-7-9-10/h5-9H,3-4H2,1-2H3,(H,14,15,18). The molecular formula is C13H16N4O3S2. The highest BCUT2D eigenvalue weighted by Crippen LogP contribution is 2.23. The summed E-state index contributed by atoms with van der Waals surface area (Å²) in [7, 11) is -3.65. The molecule has 0 atom stereocenters. The van der Waals surface area contributed by atoms with Crippen LogP contribution in [0.3, 0.4) is 0 Å². The van der Waals surface area contributed by atoms with E-state index in [2.05, 4.69) is 15.5 Å². The summed E-state index contributed by atoms with van der Waals surface area (Å²) in [4.78, 5) is 12.0. The van der Waals surface area contributed by atoms with Gasteiger partial charge >= 0.3 is 0 Å². The average molecular weight is 340 g/mol. The van der Waals surface area contributed by atoms with Crippen LogP contribution in [0, 0.1) is 0 Å². The van der Waals surface area contributed by atoms with E-state index in [0.717, 1.165) is 11.3 Å². The topological polar surface area (TPSA) is 92.3 Å². The largest absolute Gasteiger partial charge is 0.296 e. The summed E-state index contributed by atoms with van der Waals surface area (Å²) >= 11 is 0.838. The summed E-state index contributed by atoms with van der Waals surface area (Å²) in [6.07, 6.45) is 0. The minimum atomic E-state index is -3.65. The Bertz CT molecular complexity index is 740. The lowest BCUT2D eigenvalue weighted by atomic mass is 10.2. The van der Waals surface area contributed by atoms with Crippen LogP contribution in [0.1, 0.15) is 24.2 Å². The summed E-state index contributed by atoms with van der Waals surface area (Å²) in [5.74, 6) is -0.358. The Morgan fingerprint density at radius 3 is 2.41 bits per heavy atom. The lowest BCUT2D eigenvalue weighted by Crippen LogP contribution is -2.30. The molecule has 0 saturated carbocycles. The normalized spacial score (nSPS) is 11.6. The van der Waals surface area contributed by atoms with Crippen molar-refractivity contribution in [1.29, 1.82) is 0 Å². The molecule has 9 heteroatoms. The van der Waals surface area contributed by atoms with Gasteiger partial charge in [-0.25, -0.2) is 8.42 Å². The number of amides is 1. The van der Waals surface area contributed by atoms with Gasteiger partial charge in [0.05, 0.1) is 0 Å². The van der Waals surface area contributed by atoms with Gasteiger partial charge in [-0.3, -0.25) is 10.1 Å². The molecule has 1 amide bonds. The third-order valence-electron chi connectivity index (χ3n) is 2.93. The van der Waals surface area contributed by atoms with Gasteiger partial charge in [-0.2, -0.15) is 4.31 Å². The van der Waals surface area contributed by atoms with Crippen molar-refractivity contribution < 1.29 is 13.2 Å². The Morgan fingerprint density at radius 2 is 1.82 bits per heavy atom. The molecule has 0 bridgehead atoms. The first-order chi connectivity index (χ1) is 10.5. The highest BCUT2D eigenvalue weighted by Gasteiger charge is 2.26. The molecule has 2 aromatic rings. The zero-order valence-corrected chi connectivity index (χ0v) is 13.8. The van der Waals surface area contributed by atoms with Crippen molar-refractivity contribution in [1.82, 2.24) is 14.5 Å². The number of carbonyl (C=O) groups is 1. The molecule has 0 aliphatic heterocycles. The van der Waals surface area contributed by atoms with E-state index in [1.54, 1.807) is 44.2 Å². The molecule has 0 spiro atoms. The van der Waals surface area contributed by atoms with E-state index in [1.165, 1.54) is 4.31 Å². The van der Waals surface area contributed by atoms with Crippen molar-refractivity contribution in [3.63, 3.8) is 0 Å². The zero-order chi connectivity index (χ0) is 16.2. The van der Waals surface area contributed by atoms with Crippen LogP contribution in [0.2, 0.25) is 0 Å². The smallest absolute Gasteiger partial charge is 0.272 e. The van der Waals surface area contributed by atoms with Crippen molar-refractivity contribution in [3.05, 3.63) is 35.9 Å². The number of aromatic nitrogens is 2. The molecule has 7 nitrogen and oxygen atoms in total. The summed E-state index contributed by atoms with van der Waals surface area (Å²) in [6, 6.07) is 8.60. The van der Waals surface area contributed by atoms with Gasteiger partial charge in [0.15, 0.2) is 0 Å². The molecule has 2 rings (SSSR count). The minimum Gasteiger partial charge on any atom is -0.296 e. The molecule has 22 heavy (non-hydrogen) atoms. The third kappa shape index (κ3) is 3.49. The fourth-order valence-electron chi connectivity index (χ4n) is 1.80. The van der Waals surface area contributed by atoms with Crippen LogP contribution in [0.5, 0.6) is 0 Å². The number of carbonyl (C=O) groups excluding carboxylic acids is 1. The van der Waals surface area contributed by atoms with Gasteiger partial charge in [-0.1, -0.05) is 43.4 Å². The van der Waals surface area contributed by atoms with Gasteiger partial charge in [0.25, 0.3) is 15.9 Å². The summed E-state index contributed by atoms with van der Waals surface area (Å²) in [5, 5.41) is 10.1. The highest BCUT2D eigenvalue weighted by molar-refractivity contribution is 7.91. The van der Waals surface area contributed by atoms with Crippen LogP contribution in [0.15, 0.2) is 34.7 Å². The third-order valence-corrected chi connectivity index (χ3v) is 6.16. The predicted molar refractivity (Wildman–Crippen MR) is 84.4 cm³/mol. The Hall–Kier alpha value is -1.84. The summed E-state index contributed by atoms with van der Waals surface area (Å²) in [5.41, 5.74) is 0.464. The molecule has 1 aromatic heterocycles. The lowest BCUT2D eigenvalue weighted by molar-refractivity contribution is 0.102. The Kier molecular flexibility index (Phi) is 5.22. The van der Waals surface area contributed by atoms with E-state index in [1.807, 2.05) is 0 Å². The van der Waals surface area contributed by atoms with Crippen LogP contribution in [0.4, 0.5) is 5.13 Å². The van der Waals surface area contributed by atoms with Crippen LogP contribution >= 0.6 is 11.3 Å². The van der Waals surface area contributed by atoms with E-state index < -0.39 is 10.0 Å². The average Bonchev–Trinajstić information content (AvgIpc) is 2.98. The van der Waals surface area contributed by atoms with Gasteiger partial charge < -0.3 is 0 Å². The predicted octanol–water partition coefficient (Wildman–Crippen LogP) is 1.82. The van der Waals surface area contributed by atoms with Gasteiger partial charge in [0.1, 0.15) is 0 Å². The van der Waals surface area contributed by atoms with Crippen molar-refractivity contribution in [2.75, 3.05) is 18.4 Å².